The standard InChI is InChI=1S/C18H16O6/c1-21-14-7-6-11(17(22-2)18(14)23-3)13-9-24-15-8-10(19)4-5-12(15)16(13)20/h4-9,19H,1-3H3. The first-order valence-electron chi connectivity index (χ1n) is 7.14. The predicted molar refractivity (Wildman–Crippen MR) is 89.2 cm³/mol. The summed E-state index contributed by atoms with van der Waals surface area (Å²) >= 11 is 0. The van der Waals surface area contributed by atoms with Crippen molar-refractivity contribution in [2.75, 3.05) is 21.3 Å². The Labute approximate surface area is 137 Å². The maximum absolute atomic E-state index is 12.8. The molecule has 0 bridgehead atoms. The minimum absolute atomic E-state index is 0.0297. The molecular formula is C18H16O6. The van der Waals surface area contributed by atoms with Gasteiger partial charge in [-0.2, -0.15) is 0 Å². The van der Waals surface area contributed by atoms with Gasteiger partial charge in [-0.3, -0.25) is 4.79 Å². The average Bonchev–Trinajstić information content (AvgIpc) is 2.60. The van der Waals surface area contributed by atoms with Gasteiger partial charge < -0.3 is 23.7 Å². The summed E-state index contributed by atoms with van der Waals surface area (Å²) in [5.74, 6) is 1.29. The third-order valence-corrected chi connectivity index (χ3v) is 3.75. The number of fused-ring (bicyclic) bond motifs is 1. The number of aromatic hydroxyl groups is 1. The van der Waals surface area contributed by atoms with Crippen molar-refractivity contribution < 1.29 is 23.7 Å². The molecule has 0 fully saturated rings. The SMILES string of the molecule is COc1ccc(-c2coc3cc(O)ccc3c2=O)c(OC)c1OC. The summed E-state index contributed by atoms with van der Waals surface area (Å²) in [5, 5.41) is 9.87. The van der Waals surface area contributed by atoms with Crippen molar-refractivity contribution in [3.8, 4) is 34.1 Å². The third kappa shape index (κ3) is 2.42. The fraction of sp³-hybridized carbons (Fsp3) is 0.167. The Bertz CT molecular complexity index is 958. The number of benzene rings is 2. The van der Waals surface area contributed by atoms with Gasteiger partial charge in [0, 0.05) is 11.6 Å². The summed E-state index contributed by atoms with van der Waals surface area (Å²) in [6.07, 6.45) is 1.34. The number of hydrogen-bond donors (Lipinski definition) is 1. The van der Waals surface area contributed by atoms with Crippen molar-refractivity contribution in [2.24, 2.45) is 0 Å². The molecule has 0 saturated carbocycles. The molecule has 0 radical (unpaired) electrons. The van der Waals surface area contributed by atoms with Crippen LogP contribution in [-0.2, 0) is 0 Å². The monoisotopic (exact) mass is 328 g/mol. The van der Waals surface area contributed by atoms with Gasteiger partial charge in [0.1, 0.15) is 17.6 Å². The van der Waals surface area contributed by atoms with E-state index in [1.54, 1.807) is 12.1 Å². The number of phenolic OH excluding ortho intramolecular Hbond substituents is 1. The number of ether oxygens (including phenoxy) is 3. The Morgan fingerprint density at radius 3 is 2.33 bits per heavy atom. The number of methoxy groups -OCH3 is 3. The van der Waals surface area contributed by atoms with Gasteiger partial charge in [-0.1, -0.05) is 0 Å². The van der Waals surface area contributed by atoms with E-state index >= 15 is 0 Å². The number of hydrogen-bond acceptors (Lipinski definition) is 6. The second-order valence-electron chi connectivity index (χ2n) is 5.04. The van der Waals surface area contributed by atoms with Crippen molar-refractivity contribution >= 4 is 11.0 Å². The van der Waals surface area contributed by atoms with Gasteiger partial charge in [0.25, 0.3) is 0 Å². The van der Waals surface area contributed by atoms with E-state index in [1.165, 1.54) is 45.8 Å². The molecule has 2 aromatic carbocycles. The van der Waals surface area contributed by atoms with Gasteiger partial charge >= 0.3 is 0 Å². The molecule has 3 rings (SSSR count). The maximum atomic E-state index is 12.8. The largest absolute Gasteiger partial charge is 0.508 e. The van der Waals surface area contributed by atoms with Crippen LogP contribution in [0.2, 0.25) is 0 Å². The van der Waals surface area contributed by atoms with Crippen LogP contribution < -0.4 is 19.6 Å². The number of rotatable bonds is 4. The molecule has 0 spiro atoms. The van der Waals surface area contributed by atoms with Gasteiger partial charge in [0.15, 0.2) is 11.5 Å². The zero-order valence-corrected chi connectivity index (χ0v) is 13.5. The zero-order valence-electron chi connectivity index (χ0n) is 13.5. The van der Waals surface area contributed by atoms with E-state index in [2.05, 4.69) is 0 Å². The molecule has 0 aliphatic carbocycles. The van der Waals surface area contributed by atoms with Crippen LogP contribution in [0.3, 0.4) is 0 Å². The van der Waals surface area contributed by atoms with Gasteiger partial charge in [-0.15, -0.1) is 0 Å². The van der Waals surface area contributed by atoms with E-state index < -0.39 is 0 Å². The van der Waals surface area contributed by atoms with Crippen LogP contribution in [0.4, 0.5) is 0 Å². The topological polar surface area (TPSA) is 78.1 Å². The van der Waals surface area contributed by atoms with E-state index in [1.807, 2.05) is 0 Å². The van der Waals surface area contributed by atoms with E-state index in [0.717, 1.165) is 0 Å². The Kier molecular flexibility index (Phi) is 4.04. The molecule has 1 N–H and O–H groups in total. The summed E-state index contributed by atoms with van der Waals surface area (Å²) < 4.78 is 21.5. The lowest BCUT2D eigenvalue weighted by atomic mass is 10.0. The molecule has 1 aromatic heterocycles. The van der Waals surface area contributed by atoms with Crippen molar-refractivity contribution in [3.63, 3.8) is 0 Å². The Balaban J connectivity index is 2.30. The van der Waals surface area contributed by atoms with Crippen LogP contribution in [0.15, 0.2) is 45.8 Å². The molecule has 0 aliphatic heterocycles. The van der Waals surface area contributed by atoms with Crippen LogP contribution in [0.5, 0.6) is 23.0 Å². The van der Waals surface area contributed by atoms with Crippen molar-refractivity contribution in [2.45, 2.75) is 0 Å². The van der Waals surface area contributed by atoms with Gasteiger partial charge in [-0.25, -0.2) is 0 Å². The average molecular weight is 328 g/mol. The van der Waals surface area contributed by atoms with Crippen molar-refractivity contribution in [3.05, 3.63) is 46.8 Å². The molecule has 6 heteroatoms. The summed E-state index contributed by atoms with van der Waals surface area (Å²) in [6, 6.07) is 7.75. The summed E-state index contributed by atoms with van der Waals surface area (Å²) in [4.78, 5) is 12.8. The van der Waals surface area contributed by atoms with Gasteiger partial charge in [0.05, 0.1) is 32.3 Å². The van der Waals surface area contributed by atoms with E-state index in [4.69, 9.17) is 18.6 Å². The number of phenols is 1. The highest BCUT2D eigenvalue weighted by Crippen LogP contribution is 2.43. The van der Waals surface area contributed by atoms with Crippen LogP contribution in [0, 0.1) is 0 Å². The highest BCUT2D eigenvalue weighted by molar-refractivity contribution is 5.85. The van der Waals surface area contributed by atoms with Crippen LogP contribution >= 0.6 is 0 Å². The smallest absolute Gasteiger partial charge is 0.203 e. The lowest BCUT2D eigenvalue weighted by Gasteiger charge is -2.15. The molecule has 0 saturated heterocycles. The molecule has 0 atom stereocenters. The first-order chi connectivity index (χ1) is 11.6. The summed E-state index contributed by atoms with van der Waals surface area (Å²) in [5.41, 5.74) is 0.926. The normalized spacial score (nSPS) is 10.6. The van der Waals surface area contributed by atoms with Gasteiger partial charge in [-0.05, 0) is 24.3 Å². The molecule has 0 aliphatic rings. The highest BCUT2D eigenvalue weighted by Gasteiger charge is 2.20. The minimum Gasteiger partial charge on any atom is -0.508 e. The molecule has 24 heavy (non-hydrogen) atoms. The minimum atomic E-state index is -0.234. The van der Waals surface area contributed by atoms with Crippen LogP contribution in [0.1, 0.15) is 0 Å². The summed E-state index contributed by atoms with van der Waals surface area (Å²) in [7, 11) is 4.51. The lowest BCUT2D eigenvalue weighted by Crippen LogP contribution is -2.06. The van der Waals surface area contributed by atoms with Crippen molar-refractivity contribution in [1.82, 2.24) is 0 Å². The Morgan fingerprint density at radius 1 is 0.917 bits per heavy atom. The second kappa shape index (κ2) is 6.16. The first kappa shape index (κ1) is 15.7. The molecule has 0 unspecified atom stereocenters. The molecule has 1 heterocycles. The van der Waals surface area contributed by atoms with E-state index in [9.17, 15) is 9.90 Å². The molecule has 6 nitrogen and oxygen atoms in total. The van der Waals surface area contributed by atoms with Gasteiger partial charge in [0.2, 0.25) is 11.2 Å². The summed E-state index contributed by atoms with van der Waals surface area (Å²) in [6.45, 7) is 0. The fourth-order valence-electron chi connectivity index (χ4n) is 2.62. The Hall–Kier alpha value is -3.15. The fourth-order valence-corrected chi connectivity index (χ4v) is 2.62. The molecule has 0 amide bonds. The maximum Gasteiger partial charge on any atom is 0.203 e. The van der Waals surface area contributed by atoms with Crippen molar-refractivity contribution in [1.29, 1.82) is 0 Å². The zero-order chi connectivity index (χ0) is 17.3. The highest BCUT2D eigenvalue weighted by atomic mass is 16.5. The van der Waals surface area contributed by atoms with E-state index in [-0.39, 0.29) is 11.2 Å². The van der Waals surface area contributed by atoms with Crippen LogP contribution in [-0.4, -0.2) is 26.4 Å². The lowest BCUT2D eigenvalue weighted by molar-refractivity contribution is 0.325. The molecule has 3 aromatic rings. The quantitative estimate of drug-likeness (QED) is 0.792. The molecule has 124 valence electrons. The third-order valence-electron chi connectivity index (χ3n) is 3.75. The molecular weight excluding hydrogens is 312 g/mol. The predicted octanol–water partition coefficient (Wildman–Crippen LogP) is 3.19. The Morgan fingerprint density at radius 2 is 1.67 bits per heavy atom. The second-order valence-corrected chi connectivity index (χ2v) is 5.04. The van der Waals surface area contributed by atoms with E-state index in [0.29, 0.717) is 39.3 Å². The van der Waals surface area contributed by atoms with Crippen LogP contribution in [0.25, 0.3) is 22.1 Å². The first-order valence-corrected chi connectivity index (χ1v) is 7.14.